The summed E-state index contributed by atoms with van der Waals surface area (Å²) in [6.45, 7) is 4.14. The summed E-state index contributed by atoms with van der Waals surface area (Å²) >= 11 is 1.78. The highest BCUT2D eigenvalue weighted by molar-refractivity contribution is 7.14. The van der Waals surface area contributed by atoms with Crippen molar-refractivity contribution in [3.05, 3.63) is 21.9 Å². The van der Waals surface area contributed by atoms with Gasteiger partial charge in [-0.15, -0.1) is 11.3 Å². The van der Waals surface area contributed by atoms with Gasteiger partial charge in [0.2, 0.25) is 0 Å². The standard InChI is InChI=1S/C9H11NOS/c1-6-5-8(10-11-6)9-4-3-7(2)12-9/h3-4,6H,5H2,1-2H3. The molecule has 1 atom stereocenters. The van der Waals surface area contributed by atoms with E-state index in [0.29, 0.717) is 0 Å². The molecular weight excluding hydrogens is 170 g/mol. The summed E-state index contributed by atoms with van der Waals surface area (Å²) in [4.78, 5) is 7.70. The lowest BCUT2D eigenvalue weighted by atomic mass is 10.2. The second kappa shape index (κ2) is 2.90. The zero-order chi connectivity index (χ0) is 8.55. The van der Waals surface area contributed by atoms with E-state index >= 15 is 0 Å². The molecule has 12 heavy (non-hydrogen) atoms. The Labute approximate surface area is 75.9 Å². The minimum Gasteiger partial charge on any atom is -0.392 e. The van der Waals surface area contributed by atoms with Crippen LogP contribution < -0.4 is 0 Å². The average molecular weight is 181 g/mol. The van der Waals surface area contributed by atoms with Gasteiger partial charge in [-0.25, -0.2) is 0 Å². The summed E-state index contributed by atoms with van der Waals surface area (Å²) in [5, 5.41) is 4.03. The summed E-state index contributed by atoms with van der Waals surface area (Å²) in [5.74, 6) is 0. The smallest absolute Gasteiger partial charge is 0.130 e. The van der Waals surface area contributed by atoms with Gasteiger partial charge in [0.05, 0.1) is 4.88 Å². The van der Waals surface area contributed by atoms with Crippen LogP contribution in [0.4, 0.5) is 0 Å². The zero-order valence-electron chi connectivity index (χ0n) is 7.20. The molecule has 0 saturated heterocycles. The normalized spacial score (nSPS) is 22.2. The highest BCUT2D eigenvalue weighted by Gasteiger charge is 2.18. The molecule has 0 amide bonds. The van der Waals surface area contributed by atoms with E-state index in [1.54, 1.807) is 11.3 Å². The van der Waals surface area contributed by atoms with Gasteiger partial charge in [0, 0.05) is 11.3 Å². The zero-order valence-corrected chi connectivity index (χ0v) is 8.02. The second-order valence-corrected chi connectivity index (χ2v) is 4.36. The Morgan fingerprint density at radius 2 is 2.42 bits per heavy atom. The maximum Gasteiger partial charge on any atom is 0.130 e. The van der Waals surface area contributed by atoms with Crippen LogP contribution >= 0.6 is 11.3 Å². The van der Waals surface area contributed by atoms with Gasteiger partial charge in [0.25, 0.3) is 0 Å². The van der Waals surface area contributed by atoms with Crippen LogP contribution in [0, 0.1) is 6.92 Å². The Kier molecular flexibility index (Phi) is 1.89. The van der Waals surface area contributed by atoms with E-state index in [-0.39, 0.29) is 6.10 Å². The minimum absolute atomic E-state index is 0.252. The SMILES string of the molecule is Cc1ccc(C2=NOC(C)C2)s1. The molecular formula is C9H11NOS. The molecule has 0 aliphatic carbocycles. The summed E-state index contributed by atoms with van der Waals surface area (Å²) in [5.41, 5.74) is 1.10. The Bertz CT molecular complexity index is 316. The minimum atomic E-state index is 0.252. The lowest BCUT2D eigenvalue weighted by Gasteiger charge is -1.95. The van der Waals surface area contributed by atoms with E-state index in [1.165, 1.54) is 9.75 Å². The largest absolute Gasteiger partial charge is 0.392 e. The lowest BCUT2D eigenvalue weighted by molar-refractivity contribution is 0.0995. The molecule has 0 radical (unpaired) electrons. The fourth-order valence-electron chi connectivity index (χ4n) is 1.24. The van der Waals surface area contributed by atoms with Gasteiger partial charge in [-0.2, -0.15) is 0 Å². The quantitative estimate of drug-likeness (QED) is 0.652. The first-order valence-electron chi connectivity index (χ1n) is 4.05. The molecule has 1 aromatic rings. The molecule has 3 heteroatoms. The summed E-state index contributed by atoms with van der Waals surface area (Å²) in [6.07, 6.45) is 1.20. The fourth-order valence-corrected chi connectivity index (χ4v) is 2.09. The van der Waals surface area contributed by atoms with E-state index in [4.69, 9.17) is 4.84 Å². The van der Waals surface area contributed by atoms with Gasteiger partial charge >= 0.3 is 0 Å². The van der Waals surface area contributed by atoms with Crippen molar-refractivity contribution in [3.63, 3.8) is 0 Å². The predicted octanol–water partition coefficient (Wildman–Crippen LogP) is 2.57. The van der Waals surface area contributed by atoms with Crippen molar-refractivity contribution in [2.75, 3.05) is 0 Å². The maximum absolute atomic E-state index is 5.12. The third-order valence-corrected chi connectivity index (χ3v) is 2.90. The van der Waals surface area contributed by atoms with Crippen LogP contribution in [-0.4, -0.2) is 11.8 Å². The monoisotopic (exact) mass is 181 g/mol. The number of hydrogen-bond donors (Lipinski definition) is 0. The van der Waals surface area contributed by atoms with Crippen molar-refractivity contribution in [2.45, 2.75) is 26.4 Å². The highest BCUT2D eigenvalue weighted by atomic mass is 32.1. The number of rotatable bonds is 1. The van der Waals surface area contributed by atoms with E-state index < -0.39 is 0 Å². The van der Waals surface area contributed by atoms with Crippen molar-refractivity contribution in [2.24, 2.45) is 5.16 Å². The summed E-state index contributed by atoms with van der Waals surface area (Å²) < 4.78 is 0. The van der Waals surface area contributed by atoms with E-state index in [0.717, 1.165) is 12.1 Å². The third kappa shape index (κ3) is 1.37. The maximum atomic E-state index is 5.12. The lowest BCUT2D eigenvalue weighted by Crippen LogP contribution is -2.01. The van der Waals surface area contributed by atoms with Crippen LogP contribution in [0.2, 0.25) is 0 Å². The highest BCUT2D eigenvalue weighted by Crippen LogP contribution is 2.22. The Morgan fingerprint density at radius 1 is 1.58 bits per heavy atom. The Morgan fingerprint density at radius 3 is 2.92 bits per heavy atom. The van der Waals surface area contributed by atoms with Crippen molar-refractivity contribution in [3.8, 4) is 0 Å². The average Bonchev–Trinajstić information content (AvgIpc) is 2.58. The van der Waals surface area contributed by atoms with E-state index in [1.807, 2.05) is 6.92 Å². The number of hydrogen-bond acceptors (Lipinski definition) is 3. The topological polar surface area (TPSA) is 21.6 Å². The molecule has 1 aliphatic heterocycles. The van der Waals surface area contributed by atoms with Crippen LogP contribution in [0.5, 0.6) is 0 Å². The van der Waals surface area contributed by atoms with Gasteiger partial charge in [-0.05, 0) is 26.0 Å². The Balaban J connectivity index is 2.21. The molecule has 0 fully saturated rings. The molecule has 2 rings (SSSR count). The number of nitrogens with zero attached hydrogens (tertiary/aromatic N) is 1. The van der Waals surface area contributed by atoms with E-state index in [9.17, 15) is 0 Å². The first-order valence-corrected chi connectivity index (χ1v) is 4.87. The van der Waals surface area contributed by atoms with Crippen LogP contribution in [0.15, 0.2) is 17.3 Å². The van der Waals surface area contributed by atoms with Crippen molar-refractivity contribution in [1.82, 2.24) is 0 Å². The van der Waals surface area contributed by atoms with Crippen molar-refractivity contribution < 1.29 is 4.84 Å². The third-order valence-electron chi connectivity index (χ3n) is 1.85. The summed E-state index contributed by atoms with van der Waals surface area (Å²) in [7, 11) is 0. The first kappa shape index (κ1) is 7.80. The molecule has 1 unspecified atom stereocenters. The molecule has 0 N–H and O–H groups in total. The number of oxime groups is 1. The number of aryl methyl sites for hydroxylation is 1. The molecule has 64 valence electrons. The molecule has 1 aromatic heterocycles. The second-order valence-electron chi connectivity index (χ2n) is 3.07. The van der Waals surface area contributed by atoms with E-state index in [2.05, 4.69) is 24.2 Å². The molecule has 0 spiro atoms. The van der Waals surface area contributed by atoms with Crippen molar-refractivity contribution in [1.29, 1.82) is 0 Å². The van der Waals surface area contributed by atoms with Gasteiger partial charge < -0.3 is 4.84 Å². The molecule has 0 bridgehead atoms. The van der Waals surface area contributed by atoms with Crippen LogP contribution in [0.3, 0.4) is 0 Å². The Hall–Kier alpha value is -0.830. The van der Waals surface area contributed by atoms with Crippen LogP contribution in [-0.2, 0) is 4.84 Å². The molecule has 2 heterocycles. The summed E-state index contributed by atoms with van der Waals surface area (Å²) in [6, 6.07) is 4.23. The van der Waals surface area contributed by atoms with Crippen LogP contribution in [0.1, 0.15) is 23.1 Å². The van der Waals surface area contributed by atoms with Gasteiger partial charge in [0.1, 0.15) is 11.8 Å². The molecule has 2 nitrogen and oxygen atoms in total. The van der Waals surface area contributed by atoms with Gasteiger partial charge in [-0.3, -0.25) is 0 Å². The first-order chi connectivity index (χ1) is 5.75. The van der Waals surface area contributed by atoms with Gasteiger partial charge in [-0.1, -0.05) is 5.16 Å². The molecule has 0 saturated carbocycles. The van der Waals surface area contributed by atoms with Gasteiger partial charge in [0.15, 0.2) is 0 Å². The number of thiophene rings is 1. The molecule has 0 aromatic carbocycles. The predicted molar refractivity (Wildman–Crippen MR) is 50.8 cm³/mol. The molecule has 1 aliphatic rings. The fraction of sp³-hybridized carbons (Fsp3) is 0.444. The van der Waals surface area contributed by atoms with Crippen LogP contribution in [0.25, 0.3) is 0 Å². The van der Waals surface area contributed by atoms with Crippen molar-refractivity contribution >= 4 is 17.0 Å².